The van der Waals surface area contributed by atoms with Crippen LogP contribution in [0.5, 0.6) is 0 Å². The van der Waals surface area contributed by atoms with Crippen LogP contribution in [0.4, 0.5) is 5.82 Å². The van der Waals surface area contributed by atoms with Gasteiger partial charge in [-0.1, -0.05) is 30.3 Å². The number of hydrogen-bond acceptors (Lipinski definition) is 5. The van der Waals surface area contributed by atoms with Gasteiger partial charge < -0.3 is 15.1 Å². The van der Waals surface area contributed by atoms with Crippen molar-refractivity contribution in [3.05, 3.63) is 71.0 Å². The Labute approximate surface area is 164 Å². The SMILES string of the molecule is CC(C)(NC(=O)c1cc2c(NC(=O)c3ccoc3)n[nH]c2s1)c1ccccc1. The Morgan fingerprint density at radius 1 is 1.14 bits per heavy atom. The number of anilines is 1. The third-order valence-electron chi connectivity index (χ3n) is 4.42. The van der Waals surface area contributed by atoms with Crippen LogP contribution in [0.1, 0.15) is 39.4 Å². The van der Waals surface area contributed by atoms with Crippen LogP contribution >= 0.6 is 11.3 Å². The number of amides is 2. The molecule has 7 nitrogen and oxygen atoms in total. The second-order valence-electron chi connectivity index (χ2n) is 6.84. The molecule has 4 rings (SSSR count). The lowest BCUT2D eigenvalue weighted by Gasteiger charge is -2.26. The molecule has 0 fully saturated rings. The number of nitrogens with one attached hydrogen (secondary N) is 3. The highest BCUT2D eigenvalue weighted by Gasteiger charge is 2.25. The van der Waals surface area contributed by atoms with Crippen LogP contribution in [0.3, 0.4) is 0 Å². The van der Waals surface area contributed by atoms with Crippen LogP contribution in [0.2, 0.25) is 0 Å². The van der Waals surface area contributed by atoms with E-state index in [9.17, 15) is 9.59 Å². The number of aromatic nitrogens is 2. The van der Waals surface area contributed by atoms with Crippen molar-refractivity contribution >= 4 is 39.2 Å². The summed E-state index contributed by atoms with van der Waals surface area (Å²) >= 11 is 1.29. The molecule has 28 heavy (non-hydrogen) atoms. The summed E-state index contributed by atoms with van der Waals surface area (Å²) in [4.78, 5) is 26.2. The third kappa shape index (κ3) is 3.41. The highest BCUT2D eigenvalue weighted by molar-refractivity contribution is 7.20. The number of thiophene rings is 1. The Balaban J connectivity index is 1.54. The number of nitrogens with zero attached hydrogens (tertiary/aromatic N) is 1. The smallest absolute Gasteiger partial charge is 0.262 e. The molecule has 0 saturated heterocycles. The lowest BCUT2D eigenvalue weighted by molar-refractivity contribution is 0.0915. The standard InChI is InChI=1S/C20H18N4O3S/c1-20(2,13-6-4-3-5-7-13)22-18(26)15-10-14-16(23-24-19(14)28-15)21-17(25)12-8-9-27-11-12/h3-11H,1-2H3,(H,22,26)(H2,21,23,24,25). The van der Waals surface area contributed by atoms with E-state index in [0.29, 0.717) is 26.5 Å². The van der Waals surface area contributed by atoms with Crippen molar-refractivity contribution < 1.29 is 14.0 Å². The predicted molar refractivity (Wildman–Crippen MR) is 108 cm³/mol. The number of fused-ring (bicyclic) bond motifs is 1. The first-order valence-electron chi connectivity index (χ1n) is 8.63. The molecule has 1 aromatic carbocycles. The summed E-state index contributed by atoms with van der Waals surface area (Å²) in [6, 6.07) is 13.1. The first-order valence-corrected chi connectivity index (χ1v) is 9.45. The van der Waals surface area contributed by atoms with Gasteiger partial charge in [-0.05, 0) is 31.5 Å². The fraction of sp³-hybridized carbons (Fsp3) is 0.150. The number of carbonyl (C=O) groups excluding carboxylic acids is 2. The Morgan fingerprint density at radius 3 is 2.64 bits per heavy atom. The molecule has 0 unspecified atom stereocenters. The molecule has 142 valence electrons. The molecular formula is C20H18N4O3S. The van der Waals surface area contributed by atoms with Crippen molar-refractivity contribution in [1.29, 1.82) is 0 Å². The predicted octanol–water partition coefficient (Wildman–Crippen LogP) is 4.13. The van der Waals surface area contributed by atoms with E-state index in [1.54, 1.807) is 12.1 Å². The number of benzene rings is 1. The quantitative estimate of drug-likeness (QED) is 0.474. The van der Waals surface area contributed by atoms with Gasteiger partial charge in [0.2, 0.25) is 0 Å². The summed E-state index contributed by atoms with van der Waals surface area (Å²) in [5, 5.41) is 13.4. The van der Waals surface area contributed by atoms with Crippen LogP contribution in [0.15, 0.2) is 59.4 Å². The van der Waals surface area contributed by atoms with Gasteiger partial charge in [-0.3, -0.25) is 14.7 Å². The lowest BCUT2D eigenvalue weighted by atomic mass is 9.94. The second-order valence-corrected chi connectivity index (χ2v) is 7.89. The summed E-state index contributed by atoms with van der Waals surface area (Å²) in [7, 11) is 0. The molecule has 0 saturated carbocycles. The molecule has 0 spiro atoms. The number of aromatic amines is 1. The zero-order valence-corrected chi connectivity index (χ0v) is 16.1. The maximum Gasteiger partial charge on any atom is 0.262 e. The molecule has 4 aromatic rings. The van der Waals surface area contributed by atoms with Gasteiger partial charge in [0.15, 0.2) is 5.82 Å². The Kier molecular flexibility index (Phi) is 4.48. The number of rotatable bonds is 5. The van der Waals surface area contributed by atoms with E-state index < -0.39 is 5.54 Å². The minimum absolute atomic E-state index is 0.185. The molecule has 3 aromatic heterocycles. The van der Waals surface area contributed by atoms with Gasteiger partial charge in [0.1, 0.15) is 11.1 Å². The molecule has 0 bridgehead atoms. The van der Waals surface area contributed by atoms with Crippen LogP contribution in [-0.4, -0.2) is 22.0 Å². The number of carbonyl (C=O) groups is 2. The van der Waals surface area contributed by atoms with Crippen molar-refractivity contribution in [2.75, 3.05) is 5.32 Å². The van der Waals surface area contributed by atoms with Crippen LogP contribution < -0.4 is 10.6 Å². The van der Waals surface area contributed by atoms with Crippen LogP contribution in [0, 0.1) is 0 Å². The average molecular weight is 394 g/mol. The topological polar surface area (TPSA) is 100 Å². The second kappa shape index (κ2) is 6.97. The first kappa shape index (κ1) is 18.0. The van der Waals surface area contributed by atoms with E-state index in [4.69, 9.17) is 4.42 Å². The zero-order chi connectivity index (χ0) is 19.7. The molecule has 0 radical (unpaired) electrons. The van der Waals surface area contributed by atoms with E-state index in [0.717, 1.165) is 5.56 Å². The van der Waals surface area contributed by atoms with Gasteiger partial charge in [0.05, 0.1) is 27.6 Å². The van der Waals surface area contributed by atoms with Gasteiger partial charge in [0, 0.05) is 0 Å². The first-order chi connectivity index (χ1) is 13.4. The number of hydrogen-bond donors (Lipinski definition) is 3. The van der Waals surface area contributed by atoms with Crippen molar-refractivity contribution in [2.24, 2.45) is 0 Å². The summed E-state index contributed by atoms with van der Waals surface area (Å²) < 4.78 is 4.92. The zero-order valence-electron chi connectivity index (χ0n) is 15.3. The maximum atomic E-state index is 12.8. The highest BCUT2D eigenvalue weighted by atomic mass is 32.1. The Hall–Kier alpha value is -3.39. The monoisotopic (exact) mass is 394 g/mol. The van der Waals surface area contributed by atoms with Gasteiger partial charge >= 0.3 is 0 Å². The van der Waals surface area contributed by atoms with E-state index in [1.165, 1.54) is 23.9 Å². The Bertz CT molecular complexity index is 1130. The Morgan fingerprint density at radius 2 is 1.93 bits per heavy atom. The minimum atomic E-state index is -0.521. The molecular weight excluding hydrogens is 376 g/mol. The number of H-pyrrole nitrogens is 1. The van der Waals surface area contributed by atoms with Crippen molar-refractivity contribution in [1.82, 2.24) is 15.5 Å². The lowest BCUT2D eigenvalue weighted by Crippen LogP contribution is -2.40. The van der Waals surface area contributed by atoms with Crippen LogP contribution in [0.25, 0.3) is 10.2 Å². The molecule has 0 aliphatic carbocycles. The maximum absolute atomic E-state index is 12.8. The molecule has 3 heterocycles. The summed E-state index contributed by atoms with van der Waals surface area (Å²) in [5.74, 6) is -0.140. The third-order valence-corrected chi connectivity index (χ3v) is 5.46. The molecule has 0 atom stereocenters. The van der Waals surface area contributed by atoms with E-state index in [2.05, 4.69) is 20.8 Å². The highest BCUT2D eigenvalue weighted by Crippen LogP contribution is 2.30. The molecule has 8 heteroatoms. The normalized spacial score (nSPS) is 11.5. The summed E-state index contributed by atoms with van der Waals surface area (Å²) in [6.07, 6.45) is 2.79. The summed E-state index contributed by atoms with van der Waals surface area (Å²) in [5.41, 5.74) is 0.890. The molecule has 0 aliphatic heterocycles. The fourth-order valence-electron chi connectivity index (χ4n) is 2.87. The molecule has 3 N–H and O–H groups in total. The fourth-order valence-corrected chi connectivity index (χ4v) is 3.77. The van der Waals surface area contributed by atoms with Crippen molar-refractivity contribution in [3.63, 3.8) is 0 Å². The van der Waals surface area contributed by atoms with E-state index in [-0.39, 0.29) is 11.8 Å². The molecule has 0 aliphatic rings. The molecule has 2 amide bonds. The van der Waals surface area contributed by atoms with Crippen molar-refractivity contribution in [2.45, 2.75) is 19.4 Å². The van der Waals surface area contributed by atoms with E-state index in [1.807, 2.05) is 44.2 Å². The van der Waals surface area contributed by atoms with Gasteiger partial charge in [0.25, 0.3) is 11.8 Å². The van der Waals surface area contributed by atoms with Crippen LogP contribution in [-0.2, 0) is 5.54 Å². The summed E-state index contributed by atoms with van der Waals surface area (Å²) in [6.45, 7) is 3.91. The average Bonchev–Trinajstić information content (AvgIpc) is 3.40. The van der Waals surface area contributed by atoms with Gasteiger partial charge in [-0.2, -0.15) is 5.10 Å². The largest absolute Gasteiger partial charge is 0.472 e. The van der Waals surface area contributed by atoms with Gasteiger partial charge in [-0.25, -0.2) is 0 Å². The minimum Gasteiger partial charge on any atom is -0.472 e. The van der Waals surface area contributed by atoms with Gasteiger partial charge in [-0.15, -0.1) is 11.3 Å². The number of furan rings is 1. The van der Waals surface area contributed by atoms with Crippen molar-refractivity contribution in [3.8, 4) is 0 Å². The van der Waals surface area contributed by atoms with E-state index >= 15 is 0 Å².